The predicted molar refractivity (Wildman–Crippen MR) is 74.6 cm³/mol. The molecule has 1 aliphatic rings. The van der Waals surface area contributed by atoms with Crippen molar-refractivity contribution in [1.29, 1.82) is 0 Å². The molecule has 0 saturated carbocycles. The fourth-order valence-electron chi connectivity index (χ4n) is 2.30. The second-order valence-electron chi connectivity index (χ2n) is 4.97. The Balaban J connectivity index is 2.45. The smallest absolute Gasteiger partial charge is 0.328 e. The van der Waals surface area contributed by atoms with E-state index in [9.17, 15) is 9.59 Å². The summed E-state index contributed by atoms with van der Waals surface area (Å²) in [6.07, 6.45) is -0.443. The molecule has 20 heavy (non-hydrogen) atoms. The van der Waals surface area contributed by atoms with Crippen LogP contribution in [0.25, 0.3) is 0 Å². The van der Waals surface area contributed by atoms with Gasteiger partial charge in [-0.05, 0) is 31.9 Å². The molecule has 5 heteroatoms. The first-order valence-electron chi connectivity index (χ1n) is 6.56. The first kappa shape index (κ1) is 14.5. The van der Waals surface area contributed by atoms with Gasteiger partial charge in [-0.25, -0.2) is 4.79 Å². The molecule has 1 amide bonds. The molecule has 0 spiro atoms. The van der Waals surface area contributed by atoms with Crippen LogP contribution in [0.5, 0.6) is 0 Å². The topological polar surface area (TPSA) is 59.1 Å². The lowest BCUT2D eigenvalue weighted by Gasteiger charge is -2.29. The van der Waals surface area contributed by atoms with E-state index < -0.39 is 18.1 Å². The quantitative estimate of drug-likeness (QED) is 0.619. The van der Waals surface area contributed by atoms with Gasteiger partial charge in [-0.1, -0.05) is 18.2 Å². The third kappa shape index (κ3) is 2.67. The number of anilines is 1. The zero-order valence-electron chi connectivity index (χ0n) is 12.2. The van der Waals surface area contributed by atoms with Crippen LogP contribution < -0.4 is 4.90 Å². The van der Waals surface area contributed by atoms with Gasteiger partial charge < -0.3 is 9.47 Å². The van der Waals surface area contributed by atoms with E-state index in [1.54, 1.807) is 6.92 Å². The summed E-state index contributed by atoms with van der Waals surface area (Å²) >= 11 is 0. The van der Waals surface area contributed by atoms with E-state index in [2.05, 4.69) is 0 Å². The second kappa shape index (κ2) is 5.63. The number of amides is 1. The van der Waals surface area contributed by atoms with Crippen molar-refractivity contribution in [2.75, 3.05) is 18.6 Å². The minimum Gasteiger partial charge on any atom is -0.467 e. The first-order valence-corrected chi connectivity index (χ1v) is 6.56. The summed E-state index contributed by atoms with van der Waals surface area (Å²) in [7, 11) is 1.32. The molecule has 0 radical (unpaired) electrons. The number of carbonyl (C=O) groups excluding carboxylic acids is 2. The van der Waals surface area contributed by atoms with Crippen LogP contribution in [0, 0.1) is 13.8 Å². The summed E-state index contributed by atoms with van der Waals surface area (Å²) < 4.78 is 9.84. The summed E-state index contributed by atoms with van der Waals surface area (Å²) in [5.41, 5.74) is 2.63. The fraction of sp³-hybridized carbons (Fsp3) is 0.467. The lowest BCUT2D eigenvalue weighted by atomic mass is 10.1. The van der Waals surface area contributed by atoms with Crippen molar-refractivity contribution in [1.82, 2.24) is 0 Å². The van der Waals surface area contributed by atoms with Crippen LogP contribution in [0.15, 0.2) is 18.2 Å². The Labute approximate surface area is 118 Å². The number of methoxy groups -OCH3 is 1. The highest BCUT2D eigenvalue weighted by molar-refractivity contribution is 6.03. The maximum absolute atomic E-state index is 12.5. The fourth-order valence-corrected chi connectivity index (χ4v) is 2.30. The Kier molecular flexibility index (Phi) is 4.09. The summed E-state index contributed by atoms with van der Waals surface area (Å²) in [5, 5.41) is 0. The van der Waals surface area contributed by atoms with Crippen LogP contribution in [0.3, 0.4) is 0 Å². The number of aryl methyl sites for hydroxylation is 2. The first-order chi connectivity index (χ1) is 9.47. The molecule has 5 nitrogen and oxygen atoms in total. The third-order valence-corrected chi connectivity index (χ3v) is 3.46. The van der Waals surface area contributed by atoms with Crippen molar-refractivity contribution in [2.24, 2.45) is 0 Å². The highest BCUT2D eigenvalue weighted by Gasteiger charge is 2.40. The Morgan fingerprint density at radius 3 is 2.35 bits per heavy atom. The van der Waals surface area contributed by atoms with Crippen molar-refractivity contribution in [2.45, 2.75) is 32.9 Å². The van der Waals surface area contributed by atoms with Crippen LogP contribution >= 0.6 is 0 Å². The number of esters is 1. The number of hydrogen-bond acceptors (Lipinski definition) is 4. The Morgan fingerprint density at radius 1 is 1.35 bits per heavy atom. The monoisotopic (exact) mass is 277 g/mol. The van der Waals surface area contributed by atoms with Crippen molar-refractivity contribution < 1.29 is 19.1 Å². The van der Waals surface area contributed by atoms with Gasteiger partial charge >= 0.3 is 5.97 Å². The number of benzene rings is 1. The molecule has 0 bridgehead atoms. The van der Waals surface area contributed by atoms with Gasteiger partial charge in [0.25, 0.3) is 5.91 Å². The molecule has 2 rings (SSSR count). The summed E-state index contributed by atoms with van der Waals surface area (Å²) in [6, 6.07) is 5.07. The van der Waals surface area contributed by atoms with Crippen LogP contribution in [0.4, 0.5) is 5.69 Å². The molecule has 1 saturated heterocycles. The maximum atomic E-state index is 12.5. The summed E-state index contributed by atoms with van der Waals surface area (Å²) in [5.74, 6) is -0.637. The molecule has 0 aromatic heterocycles. The van der Waals surface area contributed by atoms with Crippen molar-refractivity contribution in [3.05, 3.63) is 29.3 Å². The van der Waals surface area contributed by atoms with E-state index in [0.29, 0.717) is 6.61 Å². The standard InChI is InChI=1S/C15H19NO4/c1-9-6-5-7-10(2)13(9)16(11(3)15(18)19-4)14(17)12-8-20-12/h5-7,11-12H,8H2,1-4H3/t11-,12?/m0/s1. The number of carbonyl (C=O) groups is 2. The highest BCUT2D eigenvalue weighted by atomic mass is 16.6. The molecule has 0 N–H and O–H groups in total. The van der Waals surface area contributed by atoms with Crippen LogP contribution in [0.2, 0.25) is 0 Å². The Bertz CT molecular complexity index is 516. The molecule has 1 heterocycles. The average Bonchev–Trinajstić information content (AvgIpc) is 3.25. The zero-order chi connectivity index (χ0) is 14.9. The van der Waals surface area contributed by atoms with E-state index in [1.807, 2.05) is 32.0 Å². The van der Waals surface area contributed by atoms with Gasteiger partial charge in [-0.15, -0.1) is 0 Å². The number of hydrogen-bond donors (Lipinski definition) is 0. The number of nitrogens with zero attached hydrogens (tertiary/aromatic N) is 1. The van der Waals surface area contributed by atoms with E-state index in [4.69, 9.17) is 9.47 Å². The number of epoxide rings is 1. The molecular weight excluding hydrogens is 258 g/mol. The number of ether oxygens (including phenoxy) is 2. The average molecular weight is 277 g/mol. The Morgan fingerprint density at radius 2 is 1.90 bits per heavy atom. The Hall–Kier alpha value is -1.88. The van der Waals surface area contributed by atoms with Crippen molar-refractivity contribution in [3.8, 4) is 0 Å². The van der Waals surface area contributed by atoms with Crippen LogP contribution in [-0.4, -0.2) is 37.7 Å². The van der Waals surface area contributed by atoms with Gasteiger partial charge in [-0.3, -0.25) is 9.69 Å². The van der Waals surface area contributed by atoms with Gasteiger partial charge in [0, 0.05) is 0 Å². The van der Waals surface area contributed by atoms with Gasteiger partial charge in [0.2, 0.25) is 0 Å². The van der Waals surface area contributed by atoms with E-state index in [0.717, 1.165) is 16.8 Å². The third-order valence-electron chi connectivity index (χ3n) is 3.46. The summed E-state index contributed by atoms with van der Waals surface area (Å²) in [6.45, 7) is 5.91. The van der Waals surface area contributed by atoms with Crippen LogP contribution in [0.1, 0.15) is 18.1 Å². The number of para-hydroxylation sites is 1. The van der Waals surface area contributed by atoms with E-state index in [1.165, 1.54) is 12.0 Å². The van der Waals surface area contributed by atoms with Gasteiger partial charge in [0.1, 0.15) is 6.04 Å². The zero-order valence-corrected chi connectivity index (χ0v) is 12.2. The largest absolute Gasteiger partial charge is 0.467 e. The molecule has 1 fully saturated rings. The molecular formula is C15H19NO4. The molecule has 2 atom stereocenters. The molecule has 1 unspecified atom stereocenters. The van der Waals surface area contributed by atoms with Crippen molar-refractivity contribution in [3.63, 3.8) is 0 Å². The lowest BCUT2D eigenvalue weighted by Crippen LogP contribution is -2.46. The van der Waals surface area contributed by atoms with Gasteiger partial charge in [0.15, 0.2) is 6.10 Å². The number of rotatable bonds is 4. The molecule has 1 aromatic rings. The minimum atomic E-state index is -0.684. The molecule has 1 aromatic carbocycles. The SMILES string of the molecule is COC(=O)[C@H](C)N(C(=O)C1CO1)c1c(C)cccc1C. The van der Waals surface area contributed by atoms with Crippen LogP contribution in [-0.2, 0) is 19.1 Å². The van der Waals surface area contributed by atoms with E-state index >= 15 is 0 Å². The van der Waals surface area contributed by atoms with E-state index in [-0.39, 0.29) is 5.91 Å². The molecule has 0 aliphatic carbocycles. The van der Waals surface area contributed by atoms with Crippen molar-refractivity contribution >= 4 is 17.6 Å². The maximum Gasteiger partial charge on any atom is 0.328 e. The second-order valence-corrected chi connectivity index (χ2v) is 4.97. The predicted octanol–water partition coefficient (Wildman–Crippen LogP) is 1.60. The lowest BCUT2D eigenvalue weighted by molar-refractivity contribution is -0.143. The molecule has 108 valence electrons. The minimum absolute atomic E-state index is 0.194. The highest BCUT2D eigenvalue weighted by Crippen LogP contribution is 2.29. The normalized spacial score (nSPS) is 18.3. The van der Waals surface area contributed by atoms with Gasteiger partial charge in [-0.2, -0.15) is 0 Å². The summed E-state index contributed by atoms with van der Waals surface area (Å²) in [4.78, 5) is 25.8. The molecule has 1 aliphatic heterocycles. The van der Waals surface area contributed by atoms with Gasteiger partial charge in [0.05, 0.1) is 19.4 Å².